The van der Waals surface area contributed by atoms with Gasteiger partial charge in [-0.15, -0.1) is 0 Å². The lowest BCUT2D eigenvalue weighted by Gasteiger charge is -2.13. The van der Waals surface area contributed by atoms with Gasteiger partial charge in [0.2, 0.25) is 10.0 Å². The Morgan fingerprint density at radius 2 is 1.62 bits per heavy atom. The first kappa shape index (κ1) is 20.0. The molecule has 0 unspecified atom stereocenters. The molecule has 1 aromatic carbocycles. The highest BCUT2D eigenvalue weighted by Gasteiger charge is 2.15. The van der Waals surface area contributed by atoms with E-state index < -0.39 is 28.1 Å². The third kappa shape index (κ3) is 6.62. The molecule has 0 atom stereocenters. The summed E-state index contributed by atoms with van der Waals surface area (Å²) in [7, 11) is -0.889. The normalized spacial score (nSPS) is 11.3. The van der Waals surface area contributed by atoms with Crippen molar-refractivity contribution in [2.45, 2.75) is 17.6 Å². The van der Waals surface area contributed by atoms with Crippen LogP contribution in [0.4, 0.5) is 0 Å². The van der Waals surface area contributed by atoms with Gasteiger partial charge in [0.1, 0.15) is 0 Å². The summed E-state index contributed by atoms with van der Waals surface area (Å²) in [4.78, 5) is 23.2. The lowest BCUT2D eigenvalue weighted by Crippen LogP contribution is -2.43. The fourth-order valence-electron chi connectivity index (χ4n) is 1.77. The van der Waals surface area contributed by atoms with Gasteiger partial charge in [-0.2, -0.15) is 0 Å². The molecule has 0 radical (unpaired) electrons. The summed E-state index contributed by atoms with van der Waals surface area (Å²) < 4.78 is 32.0. The van der Waals surface area contributed by atoms with Crippen LogP contribution in [0.3, 0.4) is 0 Å². The number of ether oxygens (including phenoxy) is 2. The quantitative estimate of drug-likeness (QED) is 0.391. The third-order valence-electron chi connectivity index (χ3n) is 3.11. The molecular weight excluding hydrogens is 338 g/mol. The van der Waals surface area contributed by atoms with Gasteiger partial charge in [-0.25, -0.2) is 13.6 Å². The minimum atomic E-state index is -3.73. The van der Waals surface area contributed by atoms with Gasteiger partial charge in [0.15, 0.2) is 6.29 Å². The molecule has 0 bridgehead atoms. The predicted octanol–water partition coefficient (Wildman–Crippen LogP) is -1.27. The summed E-state index contributed by atoms with van der Waals surface area (Å²) >= 11 is 0. The minimum Gasteiger partial charge on any atom is -0.354 e. The first-order valence-corrected chi connectivity index (χ1v) is 8.56. The molecule has 0 heterocycles. The average Bonchev–Trinajstić information content (AvgIpc) is 2.55. The monoisotopic (exact) mass is 359 g/mol. The van der Waals surface area contributed by atoms with Crippen LogP contribution in [0.15, 0.2) is 29.2 Å². The minimum absolute atomic E-state index is 0.0144. The standard InChI is InChI=1S/C14H21N3O6S/c1-22-12(23-2)9-17-14(19)13(18)16-8-7-10-3-5-11(6-4-10)24(15,20)21/h3-6,12H,7-9H2,1-2H3,(H,16,18)(H,17,19)(H2,15,20,21). The second kappa shape index (κ2) is 9.33. The smallest absolute Gasteiger partial charge is 0.309 e. The number of carbonyl (C=O) groups is 2. The van der Waals surface area contributed by atoms with Gasteiger partial charge in [-0.05, 0) is 24.1 Å². The number of carbonyl (C=O) groups excluding carboxylic acids is 2. The predicted molar refractivity (Wildman–Crippen MR) is 85.3 cm³/mol. The third-order valence-corrected chi connectivity index (χ3v) is 4.04. The molecule has 0 saturated heterocycles. The summed E-state index contributed by atoms with van der Waals surface area (Å²) in [5.41, 5.74) is 0.793. The molecular formula is C14H21N3O6S. The molecule has 24 heavy (non-hydrogen) atoms. The molecule has 10 heteroatoms. The number of benzene rings is 1. The van der Waals surface area contributed by atoms with Gasteiger partial charge in [0, 0.05) is 20.8 Å². The Morgan fingerprint density at radius 3 is 2.12 bits per heavy atom. The van der Waals surface area contributed by atoms with Crippen molar-refractivity contribution in [2.75, 3.05) is 27.3 Å². The van der Waals surface area contributed by atoms with Gasteiger partial charge in [0.05, 0.1) is 11.4 Å². The zero-order valence-electron chi connectivity index (χ0n) is 13.4. The molecule has 0 spiro atoms. The molecule has 0 saturated carbocycles. The molecule has 0 aliphatic carbocycles. The highest BCUT2D eigenvalue weighted by atomic mass is 32.2. The maximum absolute atomic E-state index is 11.6. The summed E-state index contributed by atoms with van der Waals surface area (Å²) in [6, 6.07) is 5.95. The fourth-order valence-corrected chi connectivity index (χ4v) is 2.28. The van der Waals surface area contributed by atoms with Crippen LogP contribution in [0.5, 0.6) is 0 Å². The van der Waals surface area contributed by atoms with Crippen LogP contribution in [0.2, 0.25) is 0 Å². The van der Waals surface area contributed by atoms with Crippen molar-refractivity contribution in [1.29, 1.82) is 0 Å². The van der Waals surface area contributed by atoms with E-state index in [0.29, 0.717) is 6.42 Å². The molecule has 1 aromatic rings. The number of rotatable bonds is 8. The van der Waals surface area contributed by atoms with Crippen LogP contribution < -0.4 is 15.8 Å². The molecule has 0 aliphatic rings. The molecule has 2 amide bonds. The molecule has 134 valence electrons. The van der Waals surface area contributed by atoms with Gasteiger partial charge >= 0.3 is 11.8 Å². The Bertz CT molecular complexity index is 656. The van der Waals surface area contributed by atoms with Crippen molar-refractivity contribution >= 4 is 21.8 Å². The SMILES string of the molecule is COC(CNC(=O)C(=O)NCCc1ccc(S(N)(=O)=O)cc1)OC. The van der Waals surface area contributed by atoms with Crippen LogP contribution in [-0.4, -0.2) is 53.8 Å². The maximum Gasteiger partial charge on any atom is 0.309 e. The van der Waals surface area contributed by atoms with Gasteiger partial charge in [0.25, 0.3) is 0 Å². The number of nitrogens with two attached hydrogens (primary N) is 1. The summed E-state index contributed by atoms with van der Waals surface area (Å²) in [6.07, 6.45) is -0.193. The van der Waals surface area contributed by atoms with Crippen molar-refractivity contribution in [3.8, 4) is 0 Å². The Labute approximate surface area is 140 Å². The Hall–Kier alpha value is -2.01. The van der Waals surface area contributed by atoms with Gasteiger partial charge in [-0.3, -0.25) is 9.59 Å². The number of amides is 2. The van der Waals surface area contributed by atoms with Crippen molar-refractivity contribution in [2.24, 2.45) is 5.14 Å². The number of hydrogen-bond acceptors (Lipinski definition) is 6. The van der Waals surface area contributed by atoms with Crippen molar-refractivity contribution in [3.05, 3.63) is 29.8 Å². The Morgan fingerprint density at radius 1 is 1.08 bits per heavy atom. The fraction of sp³-hybridized carbons (Fsp3) is 0.429. The number of hydrogen-bond donors (Lipinski definition) is 3. The van der Waals surface area contributed by atoms with E-state index in [9.17, 15) is 18.0 Å². The van der Waals surface area contributed by atoms with Crippen LogP contribution in [0.1, 0.15) is 5.56 Å². The van der Waals surface area contributed by atoms with Crippen molar-refractivity contribution < 1.29 is 27.5 Å². The van der Waals surface area contributed by atoms with Crippen LogP contribution in [0.25, 0.3) is 0 Å². The average molecular weight is 359 g/mol. The van der Waals surface area contributed by atoms with Crippen molar-refractivity contribution in [1.82, 2.24) is 10.6 Å². The summed E-state index contributed by atoms with van der Waals surface area (Å²) in [5.74, 6) is -1.57. The van der Waals surface area contributed by atoms with E-state index in [0.717, 1.165) is 5.56 Å². The zero-order chi connectivity index (χ0) is 18.2. The molecule has 0 aliphatic heterocycles. The molecule has 9 nitrogen and oxygen atoms in total. The topological polar surface area (TPSA) is 137 Å². The molecule has 0 fully saturated rings. The molecule has 0 aromatic heterocycles. The second-order valence-electron chi connectivity index (χ2n) is 4.81. The Balaban J connectivity index is 2.38. The van der Waals surface area contributed by atoms with Crippen LogP contribution in [0, 0.1) is 0 Å². The second-order valence-corrected chi connectivity index (χ2v) is 6.37. The van der Waals surface area contributed by atoms with Crippen molar-refractivity contribution in [3.63, 3.8) is 0 Å². The summed E-state index contributed by atoms with van der Waals surface area (Å²) in [6.45, 7) is 0.271. The first-order valence-electron chi connectivity index (χ1n) is 7.01. The largest absolute Gasteiger partial charge is 0.354 e. The number of nitrogens with one attached hydrogen (secondary N) is 2. The molecule has 1 rings (SSSR count). The van der Waals surface area contributed by atoms with E-state index in [1.54, 1.807) is 12.1 Å². The van der Waals surface area contributed by atoms with E-state index in [2.05, 4.69) is 10.6 Å². The number of methoxy groups -OCH3 is 2. The van der Waals surface area contributed by atoms with E-state index in [-0.39, 0.29) is 18.0 Å². The maximum atomic E-state index is 11.6. The highest BCUT2D eigenvalue weighted by Crippen LogP contribution is 2.08. The molecule has 4 N–H and O–H groups in total. The lowest BCUT2D eigenvalue weighted by atomic mass is 10.1. The van der Waals surface area contributed by atoms with E-state index in [1.807, 2.05) is 0 Å². The lowest BCUT2D eigenvalue weighted by molar-refractivity contribution is -0.141. The van der Waals surface area contributed by atoms with E-state index >= 15 is 0 Å². The van der Waals surface area contributed by atoms with Gasteiger partial charge < -0.3 is 20.1 Å². The summed E-state index contributed by atoms with van der Waals surface area (Å²) in [5, 5.41) is 9.84. The first-order chi connectivity index (χ1) is 11.3. The van der Waals surface area contributed by atoms with Crippen LogP contribution in [-0.2, 0) is 35.5 Å². The van der Waals surface area contributed by atoms with E-state index in [4.69, 9.17) is 14.6 Å². The zero-order valence-corrected chi connectivity index (χ0v) is 14.3. The number of primary sulfonamides is 1. The van der Waals surface area contributed by atoms with Gasteiger partial charge in [-0.1, -0.05) is 12.1 Å². The Kier molecular flexibility index (Phi) is 7.79. The highest BCUT2D eigenvalue weighted by molar-refractivity contribution is 7.89. The van der Waals surface area contributed by atoms with E-state index in [1.165, 1.54) is 26.4 Å². The number of sulfonamides is 1. The van der Waals surface area contributed by atoms with Crippen LogP contribution >= 0.6 is 0 Å².